The maximum atomic E-state index is 13.3. The lowest BCUT2D eigenvalue weighted by Gasteiger charge is -2.23. The highest BCUT2D eigenvalue weighted by Crippen LogP contribution is 2.26. The summed E-state index contributed by atoms with van der Waals surface area (Å²) in [5.41, 5.74) is 3.23. The molecule has 168 valence electrons. The molecule has 1 fully saturated rings. The zero-order valence-corrected chi connectivity index (χ0v) is 18.5. The van der Waals surface area contributed by atoms with Crippen molar-refractivity contribution >= 4 is 28.4 Å². The van der Waals surface area contributed by atoms with Crippen LogP contribution < -0.4 is 10.9 Å². The Morgan fingerprint density at radius 1 is 1.09 bits per heavy atom. The number of H-pyrrole nitrogens is 1. The first kappa shape index (κ1) is 20.8. The zero-order valence-electron chi connectivity index (χ0n) is 18.5. The van der Waals surface area contributed by atoms with Gasteiger partial charge in [0.1, 0.15) is 11.7 Å². The molecule has 0 bridgehead atoms. The van der Waals surface area contributed by atoms with E-state index >= 15 is 0 Å². The Bertz CT molecular complexity index is 1410. The molecule has 8 nitrogen and oxygen atoms in total. The van der Waals surface area contributed by atoms with Gasteiger partial charge in [-0.25, -0.2) is 4.68 Å². The largest absolute Gasteiger partial charge is 0.361 e. The van der Waals surface area contributed by atoms with E-state index in [1.54, 1.807) is 23.6 Å². The average Bonchev–Trinajstić information content (AvgIpc) is 3.46. The molecule has 1 unspecified atom stereocenters. The van der Waals surface area contributed by atoms with E-state index in [1.165, 1.54) is 4.68 Å². The number of hydrogen-bond acceptors (Lipinski definition) is 3. The van der Waals surface area contributed by atoms with E-state index in [2.05, 4.69) is 10.3 Å². The van der Waals surface area contributed by atoms with E-state index in [0.29, 0.717) is 30.8 Å². The minimum absolute atomic E-state index is 0.0630. The molecule has 1 aliphatic rings. The molecule has 33 heavy (non-hydrogen) atoms. The molecule has 0 spiro atoms. The van der Waals surface area contributed by atoms with Crippen LogP contribution in [0.5, 0.6) is 0 Å². The predicted molar refractivity (Wildman–Crippen MR) is 126 cm³/mol. The molecule has 1 atom stereocenters. The van der Waals surface area contributed by atoms with E-state index in [-0.39, 0.29) is 23.1 Å². The topological polar surface area (TPSA) is 92.1 Å². The highest BCUT2D eigenvalue weighted by molar-refractivity contribution is 5.99. The monoisotopic (exact) mass is 443 g/mol. The van der Waals surface area contributed by atoms with Crippen molar-refractivity contribution in [1.29, 1.82) is 0 Å². The van der Waals surface area contributed by atoms with Crippen LogP contribution in [0, 0.1) is 6.92 Å². The van der Waals surface area contributed by atoms with Gasteiger partial charge in [-0.05, 0) is 37.1 Å². The molecule has 0 saturated carbocycles. The second-order valence-corrected chi connectivity index (χ2v) is 8.36. The maximum Gasteiger partial charge on any atom is 0.295 e. The van der Waals surface area contributed by atoms with Gasteiger partial charge in [0.15, 0.2) is 0 Å². The molecule has 2 aromatic carbocycles. The summed E-state index contributed by atoms with van der Waals surface area (Å²) in [4.78, 5) is 43.9. The molecule has 8 heteroatoms. The number of hydrogen-bond donors (Lipinski definition) is 2. The number of fused-ring (bicyclic) bond motifs is 1. The van der Waals surface area contributed by atoms with Gasteiger partial charge in [0.2, 0.25) is 11.8 Å². The molecule has 2 aromatic heterocycles. The normalized spacial score (nSPS) is 16.0. The number of aromatic amines is 1. The summed E-state index contributed by atoms with van der Waals surface area (Å²) in [6, 6.07) is 16.5. The Hall–Kier alpha value is -4.07. The number of aromatic nitrogens is 3. The third kappa shape index (κ3) is 3.53. The number of anilines is 1. The number of rotatable bonds is 5. The summed E-state index contributed by atoms with van der Waals surface area (Å²) in [5.74, 6) is -0.404. The van der Waals surface area contributed by atoms with E-state index in [1.807, 2.05) is 60.8 Å². The van der Waals surface area contributed by atoms with Gasteiger partial charge in [0.05, 0.1) is 11.4 Å². The van der Waals surface area contributed by atoms with Crippen LogP contribution in [0.4, 0.5) is 5.69 Å². The van der Waals surface area contributed by atoms with Gasteiger partial charge in [-0.15, -0.1) is 0 Å². The summed E-state index contributed by atoms with van der Waals surface area (Å²) in [7, 11) is 1.78. The van der Waals surface area contributed by atoms with Crippen LogP contribution in [-0.4, -0.2) is 37.1 Å². The minimum Gasteiger partial charge on any atom is -0.361 e. The smallest absolute Gasteiger partial charge is 0.295 e. The second-order valence-electron chi connectivity index (χ2n) is 8.36. The van der Waals surface area contributed by atoms with Crippen LogP contribution >= 0.6 is 0 Å². The molecule has 3 heterocycles. The third-order valence-electron chi connectivity index (χ3n) is 6.45. The molecular weight excluding hydrogens is 418 g/mol. The van der Waals surface area contributed by atoms with Crippen LogP contribution in [0.15, 0.2) is 65.6 Å². The highest BCUT2D eigenvalue weighted by Gasteiger charge is 2.37. The summed E-state index contributed by atoms with van der Waals surface area (Å²) in [6.45, 7) is 2.13. The van der Waals surface area contributed by atoms with Crippen molar-refractivity contribution in [2.45, 2.75) is 32.4 Å². The summed E-state index contributed by atoms with van der Waals surface area (Å²) < 4.78 is 3.24. The zero-order chi connectivity index (χ0) is 23.1. The highest BCUT2D eigenvalue weighted by atomic mass is 16.2. The number of benzene rings is 2. The third-order valence-corrected chi connectivity index (χ3v) is 6.45. The van der Waals surface area contributed by atoms with Gasteiger partial charge in [0, 0.05) is 37.1 Å². The molecule has 5 rings (SSSR count). The molecule has 0 aliphatic carbocycles. The van der Waals surface area contributed by atoms with Crippen LogP contribution in [-0.2, 0) is 23.2 Å². The second kappa shape index (κ2) is 8.12. The van der Waals surface area contributed by atoms with Crippen molar-refractivity contribution in [3.8, 4) is 5.69 Å². The molecule has 4 aromatic rings. The predicted octanol–water partition coefficient (Wildman–Crippen LogP) is 3.10. The molecule has 2 N–H and O–H groups in total. The number of amides is 2. The molecule has 2 amide bonds. The Balaban J connectivity index is 1.41. The standard InChI is InChI=1S/C25H25N5O3/c1-16-23(25(33)30(28(16)2)18-8-4-3-5-9-18)27-24(32)21-12-13-22(31)29(21)15-17-14-26-20-11-7-6-10-19(17)20/h3-11,14,21,26H,12-13,15H2,1-2H3,(H,27,32). The first-order valence-corrected chi connectivity index (χ1v) is 10.9. The fraction of sp³-hybridized carbons (Fsp3) is 0.240. The van der Waals surface area contributed by atoms with Crippen LogP contribution in [0.1, 0.15) is 24.1 Å². The van der Waals surface area contributed by atoms with Gasteiger partial charge >= 0.3 is 0 Å². The van der Waals surface area contributed by atoms with Crippen molar-refractivity contribution in [2.24, 2.45) is 7.05 Å². The van der Waals surface area contributed by atoms with Crippen molar-refractivity contribution in [3.05, 3.63) is 82.4 Å². The van der Waals surface area contributed by atoms with Crippen LogP contribution in [0.2, 0.25) is 0 Å². The quantitative estimate of drug-likeness (QED) is 0.497. The Labute approximate surface area is 190 Å². The van der Waals surface area contributed by atoms with Crippen molar-refractivity contribution < 1.29 is 9.59 Å². The molecular formula is C25H25N5O3. The average molecular weight is 444 g/mol. The fourth-order valence-corrected chi connectivity index (χ4v) is 4.57. The number of nitrogens with zero attached hydrogens (tertiary/aromatic N) is 3. The Kier molecular flexibility index (Phi) is 5.12. The van der Waals surface area contributed by atoms with Crippen molar-refractivity contribution in [3.63, 3.8) is 0 Å². The van der Waals surface area contributed by atoms with Crippen molar-refractivity contribution in [2.75, 3.05) is 5.32 Å². The number of carbonyl (C=O) groups excluding carboxylic acids is 2. The Morgan fingerprint density at radius 2 is 1.82 bits per heavy atom. The first-order valence-electron chi connectivity index (χ1n) is 10.9. The minimum atomic E-state index is -0.629. The number of carbonyl (C=O) groups is 2. The van der Waals surface area contributed by atoms with Gasteiger partial charge < -0.3 is 15.2 Å². The van der Waals surface area contributed by atoms with Crippen LogP contribution in [0.3, 0.4) is 0 Å². The van der Waals surface area contributed by atoms with Gasteiger partial charge in [-0.1, -0.05) is 36.4 Å². The maximum absolute atomic E-state index is 13.3. The number of nitrogens with one attached hydrogen (secondary N) is 2. The van der Waals surface area contributed by atoms with E-state index in [0.717, 1.165) is 16.5 Å². The van der Waals surface area contributed by atoms with E-state index in [4.69, 9.17) is 0 Å². The first-order chi connectivity index (χ1) is 16.0. The molecule has 0 radical (unpaired) electrons. The van der Waals surface area contributed by atoms with Gasteiger partial charge in [-0.3, -0.25) is 19.1 Å². The van der Waals surface area contributed by atoms with Gasteiger partial charge in [0.25, 0.3) is 5.56 Å². The van der Waals surface area contributed by atoms with E-state index in [9.17, 15) is 14.4 Å². The van der Waals surface area contributed by atoms with Crippen molar-refractivity contribution in [1.82, 2.24) is 19.2 Å². The number of likely N-dealkylation sites (tertiary alicyclic amines) is 1. The summed E-state index contributed by atoms with van der Waals surface area (Å²) >= 11 is 0. The van der Waals surface area contributed by atoms with Crippen LogP contribution in [0.25, 0.3) is 16.6 Å². The van der Waals surface area contributed by atoms with E-state index < -0.39 is 6.04 Å². The summed E-state index contributed by atoms with van der Waals surface area (Å²) in [6.07, 6.45) is 2.61. The molecule has 1 aliphatic heterocycles. The lowest BCUT2D eigenvalue weighted by atomic mass is 10.1. The fourth-order valence-electron chi connectivity index (χ4n) is 4.57. The summed E-state index contributed by atoms with van der Waals surface area (Å²) in [5, 5.41) is 3.85. The lowest BCUT2D eigenvalue weighted by Crippen LogP contribution is -2.41. The number of para-hydroxylation sites is 2. The SMILES string of the molecule is Cc1c(NC(=O)C2CCC(=O)N2Cc2c[nH]c3ccccc23)c(=O)n(-c2ccccc2)n1C. The van der Waals surface area contributed by atoms with Gasteiger partial charge in [-0.2, -0.15) is 0 Å². The lowest BCUT2D eigenvalue weighted by molar-refractivity contribution is -0.133. The Morgan fingerprint density at radius 3 is 2.61 bits per heavy atom. The molecule has 1 saturated heterocycles.